The first kappa shape index (κ1) is 31.7. The SMILES string of the molecule is C#CCOCCOCCOCCOCCC(=O)N(CCOCCN)CCOCCOCCN. The lowest BCUT2D eigenvalue weighted by Crippen LogP contribution is -2.37. The summed E-state index contributed by atoms with van der Waals surface area (Å²) in [6.45, 7) is 7.96. The van der Waals surface area contributed by atoms with Crippen LogP contribution in [0, 0.1) is 12.3 Å². The van der Waals surface area contributed by atoms with Crippen LogP contribution in [0.5, 0.6) is 0 Å². The van der Waals surface area contributed by atoms with E-state index in [0.717, 1.165) is 0 Å². The summed E-state index contributed by atoms with van der Waals surface area (Å²) >= 11 is 0. The average molecular weight is 478 g/mol. The summed E-state index contributed by atoms with van der Waals surface area (Å²) in [6.07, 6.45) is 5.35. The molecule has 1 amide bonds. The maximum Gasteiger partial charge on any atom is 0.225 e. The van der Waals surface area contributed by atoms with Crippen LogP contribution in [-0.4, -0.2) is 129 Å². The van der Waals surface area contributed by atoms with Gasteiger partial charge >= 0.3 is 0 Å². The molecule has 0 aliphatic rings. The Balaban J connectivity index is 3.81. The van der Waals surface area contributed by atoms with Crippen LogP contribution in [-0.2, 0) is 38.0 Å². The largest absolute Gasteiger partial charge is 0.379 e. The van der Waals surface area contributed by atoms with Crippen molar-refractivity contribution < 1.29 is 38.0 Å². The highest BCUT2D eigenvalue weighted by molar-refractivity contribution is 5.76. The third kappa shape index (κ3) is 23.6. The molecular weight excluding hydrogens is 434 g/mol. The van der Waals surface area contributed by atoms with Crippen LogP contribution in [0.4, 0.5) is 0 Å². The van der Waals surface area contributed by atoms with E-state index in [0.29, 0.717) is 119 Å². The fourth-order valence-corrected chi connectivity index (χ4v) is 2.41. The van der Waals surface area contributed by atoms with Gasteiger partial charge in [-0.05, 0) is 0 Å². The van der Waals surface area contributed by atoms with Gasteiger partial charge in [0.05, 0.1) is 92.3 Å². The molecule has 33 heavy (non-hydrogen) atoms. The Morgan fingerprint density at radius 1 is 0.606 bits per heavy atom. The van der Waals surface area contributed by atoms with E-state index in [2.05, 4.69) is 5.92 Å². The lowest BCUT2D eigenvalue weighted by Gasteiger charge is -2.23. The first-order valence-corrected chi connectivity index (χ1v) is 11.4. The summed E-state index contributed by atoms with van der Waals surface area (Å²) in [6, 6.07) is 0. The highest BCUT2D eigenvalue weighted by atomic mass is 16.6. The number of terminal acetylenes is 1. The molecule has 0 aromatic carbocycles. The molecule has 0 unspecified atom stereocenters. The zero-order chi connectivity index (χ0) is 24.2. The molecule has 4 N–H and O–H groups in total. The lowest BCUT2D eigenvalue weighted by molar-refractivity contribution is -0.134. The van der Waals surface area contributed by atoms with Gasteiger partial charge in [-0.25, -0.2) is 0 Å². The Hall–Kier alpha value is -1.33. The first-order valence-electron chi connectivity index (χ1n) is 11.4. The van der Waals surface area contributed by atoms with Crippen LogP contribution in [0.3, 0.4) is 0 Å². The Labute approximate surface area is 198 Å². The fourth-order valence-electron chi connectivity index (χ4n) is 2.41. The second-order valence-electron chi connectivity index (χ2n) is 6.64. The summed E-state index contributed by atoms with van der Waals surface area (Å²) in [5, 5.41) is 0. The molecule has 0 fully saturated rings. The number of nitrogens with zero attached hydrogens (tertiary/aromatic N) is 1. The molecule has 0 rings (SSSR count). The maximum atomic E-state index is 12.5. The second-order valence-corrected chi connectivity index (χ2v) is 6.64. The molecule has 194 valence electrons. The van der Waals surface area contributed by atoms with Crippen molar-refractivity contribution in [3.63, 3.8) is 0 Å². The van der Waals surface area contributed by atoms with Gasteiger partial charge < -0.3 is 49.5 Å². The molecular formula is C22H43N3O8. The van der Waals surface area contributed by atoms with Crippen LogP contribution in [0.15, 0.2) is 0 Å². The van der Waals surface area contributed by atoms with Gasteiger partial charge in [-0.1, -0.05) is 5.92 Å². The van der Waals surface area contributed by atoms with Gasteiger partial charge in [0.15, 0.2) is 0 Å². The van der Waals surface area contributed by atoms with Crippen LogP contribution in [0.2, 0.25) is 0 Å². The number of carbonyl (C=O) groups excluding carboxylic acids is 1. The molecule has 0 atom stereocenters. The molecule has 0 aromatic rings. The van der Waals surface area contributed by atoms with Crippen LogP contribution in [0.1, 0.15) is 6.42 Å². The van der Waals surface area contributed by atoms with E-state index in [-0.39, 0.29) is 12.3 Å². The number of carbonyl (C=O) groups is 1. The van der Waals surface area contributed by atoms with Crippen molar-refractivity contribution in [2.75, 3.05) is 119 Å². The summed E-state index contributed by atoms with van der Waals surface area (Å²) in [5.74, 6) is 2.37. The van der Waals surface area contributed by atoms with Crippen molar-refractivity contribution in [3.8, 4) is 12.3 Å². The standard InChI is InChI=1S/C22H43N3O8/c1-2-8-27-14-18-32-20-21-33-19-15-28-9-3-22(26)25(6-12-29-10-4-23)7-13-31-17-16-30-11-5-24/h1H,3-21,23-24H2. The number of amides is 1. The molecule has 0 radical (unpaired) electrons. The highest BCUT2D eigenvalue weighted by Gasteiger charge is 2.13. The van der Waals surface area contributed by atoms with E-state index in [1.807, 2.05) is 0 Å². The van der Waals surface area contributed by atoms with E-state index in [4.69, 9.17) is 51.0 Å². The summed E-state index contributed by atoms with van der Waals surface area (Å²) < 4.78 is 37.5. The number of hydrogen-bond donors (Lipinski definition) is 2. The average Bonchev–Trinajstić information content (AvgIpc) is 2.82. The Morgan fingerprint density at radius 3 is 1.48 bits per heavy atom. The minimum absolute atomic E-state index is 0.0179. The molecule has 0 aliphatic heterocycles. The highest BCUT2D eigenvalue weighted by Crippen LogP contribution is 1.97. The number of rotatable bonds is 26. The summed E-state index contributed by atoms with van der Waals surface area (Å²) in [7, 11) is 0. The van der Waals surface area contributed by atoms with Gasteiger partial charge in [0.1, 0.15) is 6.61 Å². The summed E-state index contributed by atoms with van der Waals surface area (Å²) in [5.41, 5.74) is 10.8. The number of hydrogen-bond acceptors (Lipinski definition) is 10. The second kappa shape index (κ2) is 26.9. The monoisotopic (exact) mass is 477 g/mol. The summed E-state index contributed by atoms with van der Waals surface area (Å²) in [4.78, 5) is 14.2. The zero-order valence-electron chi connectivity index (χ0n) is 19.9. The Bertz CT molecular complexity index is 465. The molecule has 0 aromatic heterocycles. The van der Waals surface area contributed by atoms with Crippen LogP contribution >= 0.6 is 0 Å². The van der Waals surface area contributed by atoms with Crippen LogP contribution < -0.4 is 11.5 Å². The third-order valence-electron chi connectivity index (χ3n) is 4.02. The fraction of sp³-hybridized carbons (Fsp3) is 0.864. The molecule has 0 heterocycles. The van der Waals surface area contributed by atoms with Gasteiger partial charge in [0, 0.05) is 26.2 Å². The van der Waals surface area contributed by atoms with E-state index >= 15 is 0 Å². The minimum Gasteiger partial charge on any atom is -0.379 e. The minimum atomic E-state index is -0.0179. The topological polar surface area (TPSA) is 137 Å². The van der Waals surface area contributed by atoms with E-state index in [1.165, 1.54) is 0 Å². The first-order chi connectivity index (χ1) is 16.3. The van der Waals surface area contributed by atoms with Crippen molar-refractivity contribution in [2.45, 2.75) is 6.42 Å². The predicted octanol–water partition coefficient (Wildman–Crippen LogP) is -1.13. The molecule has 11 nitrogen and oxygen atoms in total. The van der Waals surface area contributed by atoms with E-state index < -0.39 is 0 Å². The number of ether oxygens (including phenoxy) is 7. The zero-order valence-corrected chi connectivity index (χ0v) is 19.9. The van der Waals surface area contributed by atoms with E-state index in [9.17, 15) is 4.79 Å². The van der Waals surface area contributed by atoms with Crippen molar-refractivity contribution in [3.05, 3.63) is 0 Å². The van der Waals surface area contributed by atoms with Gasteiger partial charge in [0.25, 0.3) is 0 Å². The van der Waals surface area contributed by atoms with Gasteiger partial charge in [-0.15, -0.1) is 6.42 Å². The third-order valence-corrected chi connectivity index (χ3v) is 4.02. The van der Waals surface area contributed by atoms with Gasteiger partial charge in [0.2, 0.25) is 5.91 Å². The van der Waals surface area contributed by atoms with Gasteiger partial charge in [-0.2, -0.15) is 0 Å². The molecule has 11 heteroatoms. The molecule has 0 aliphatic carbocycles. The van der Waals surface area contributed by atoms with Crippen molar-refractivity contribution >= 4 is 5.91 Å². The normalized spacial score (nSPS) is 10.9. The smallest absolute Gasteiger partial charge is 0.225 e. The Morgan fingerprint density at radius 2 is 1.00 bits per heavy atom. The molecule has 0 spiro atoms. The number of nitrogens with two attached hydrogens (primary N) is 2. The van der Waals surface area contributed by atoms with Gasteiger partial charge in [-0.3, -0.25) is 4.79 Å². The molecule has 0 bridgehead atoms. The van der Waals surface area contributed by atoms with Crippen molar-refractivity contribution in [1.29, 1.82) is 0 Å². The predicted molar refractivity (Wildman–Crippen MR) is 124 cm³/mol. The molecule has 0 saturated heterocycles. The Kier molecular flexibility index (Phi) is 25.8. The molecule has 0 saturated carbocycles. The van der Waals surface area contributed by atoms with Crippen LogP contribution in [0.25, 0.3) is 0 Å². The quantitative estimate of drug-likeness (QED) is 0.116. The van der Waals surface area contributed by atoms with Crippen molar-refractivity contribution in [2.24, 2.45) is 11.5 Å². The van der Waals surface area contributed by atoms with Crippen molar-refractivity contribution in [1.82, 2.24) is 4.90 Å². The maximum absolute atomic E-state index is 12.5. The lowest BCUT2D eigenvalue weighted by atomic mass is 10.3. The van der Waals surface area contributed by atoms with E-state index in [1.54, 1.807) is 4.90 Å².